The average molecular weight is 1510 g/mol. The molecule has 110 heavy (non-hydrogen) atoms. The van der Waals surface area contributed by atoms with Crippen LogP contribution in [0.2, 0.25) is 0 Å². The van der Waals surface area contributed by atoms with E-state index < -0.39 is 182 Å². The molecule has 5 amide bonds. The number of thioether (sulfide) groups is 1. The van der Waals surface area contributed by atoms with Crippen molar-refractivity contribution in [3.05, 3.63) is 286 Å². The Morgan fingerprint density at radius 1 is 0.355 bits per heavy atom. The predicted octanol–water partition coefficient (Wildman–Crippen LogP) is 8.70. The summed E-state index contributed by atoms with van der Waals surface area (Å²) in [7, 11) is 0. The second-order valence-electron chi connectivity index (χ2n) is 25.7. The fourth-order valence-corrected chi connectivity index (χ4v) is 14.6. The van der Waals surface area contributed by atoms with Crippen LogP contribution in [0.5, 0.6) is 0 Å². The van der Waals surface area contributed by atoms with Crippen LogP contribution in [0.3, 0.4) is 0 Å². The Kier molecular flexibility index (Phi) is 23.9. The molecule has 8 aromatic carbocycles. The first-order valence-corrected chi connectivity index (χ1v) is 36.1. The first-order chi connectivity index (χ1) is 53.3. The number of imide groups is 2. The molecule has 27 nitrogen and oxygen atoms in total. The normalized spacial score (nSPS) is 24.7. The number of carbonyl (C=O) groups is 12. The SMILES string of the molecule is CCS[C@@H]1O[C@H](CO[C@@H]2O[C@H](CO[C@@H]3O[C@H](COC(C)=O)[C@@H](OC(=O)c4ccccc4)[C@H](OC(=O)c4ccccc4)[C@H]3N3C(=O)c4ccccc4C3=O)[C@@H](OC(=O)c3ccccc3)[C@H](OC(=O)c3ccccc3)[C@H]2NC(C)=O)[C@@H](OC(=O)c2ccccc2)[C@H](OC(=O)c2ccccc2)[C@H]1N1C(=O)c2ccccc2C1=O. The molecule has 0 radical (unpaired) electrons. The van der Waals surface area contributed by atoms with E-state index in [-0.39, 0.29) is 61.4 Å². The molecule has 564 valence electrons. The van der Waals surface area contributed by atoms with Crippen molar-refractivity contribution in [3.8, 4) is 0 Å². The summed E-state index contributed by atoms with van der Waals surface area (Å²) in [6, 6.07) is 52.1. The highest BCUT2D eigenvalue weighted by atomic mass is 32.2. The first-order valence-electron chi connectivity index (χ1n) is 35.1. The van der Waals surface area contributed by atoms with Crippen molar-refractivity contribution in [1.82, 2.24) is 15.1 Å². The highest BCUT2D eigenvalue weighted by molar-refractivity contribution is 7.99. The summed E-state index contributed by atoms with van der Waals surface area (Å²) in [5.74, 6) is -11.1. The van der Waals surface area contributed by atoms with E-state index in [4.69, 9.17) is 56.8 Å². The number of amides is 5. The molecule has 5 heterocycles. The van der Waals surface area contributed by atoms with Gasteiger partial charge in [-0.05, 0) is 103 Å². The van der Waals surface area contributed by atoms with Crippen LogP contribution < -0.4 is 5.32 Å². The van der Waals surface area contributed by atoms with Crippen molar-refractivity contribution in [2.24, 2.45) is 0 Å². The first kappa shape index (κ1) is 76.2. The number of carbonyl (C=O) groups excluding carboxylic acids is 12. The molecule has 0 spiro atoms. The number of nitrogens with one attached hydrogen (secondary N) is 1. The zero-order valence-corrected chi connectivity index (χ0v) is 59.8. The highest BCUT2D eigenvalue weighted by Crippen LogP contribution is 2.42. The lowest BCUT2D eigenvalue weighted by Gasteiger charge is -2.49. The van der Waals surface area contributed by atoms with E-state index in [0.29, 0.717) is 4.90 Å². The predicted molar refractivity (Wildman–Crippen MR) is 386 cm³/mol. The fraction of sp³-hybridized carbons (Fsp3) is 0.268. The molecule has 3 fully saturated rings. The number of benzene rings is 8. The molecule has 8 aromatic rings. The lowest BCUT2D eigenvalue weighted by atomic mass is 9.94. The van der Waals surface area contributed by atoms with Gasteiger partial charge in [0, 0.05) is 13.8 Å². The summed E-state index contributed by atoms with van der Waals surface area (Å²) in [5.41, 5.74) is -1.64. The van der Waals surface area contributed by atoms with Crippen LogP contribution in [-0.2, 0) is 66.4 Å². The van der Waals surface area contributed by atoms with Gasteiger partial charge in [0.1, 0.15) is 48.5 Å². The molecule has 5 aliphatic heterocycles. The summed E-state index contributed by atoms with van der Waals surface area (Å²) >= 11 is 1.09. The molecule has 3 saturated heterocycles. The summed E-state index contributed by atoms with van der Waals surface area (Å²) in [6.07, 6.45) is -20.7. The molecular formula is C82H71N3O24S. The minimum atomic E-state index is -2.10. The van der Waals surface area contributed by atoms with Gasteiger partial charge in [-0.25, -0.2) is 28.8 Å². The van der Waals surface area contributed by atoms with Gasteiger partial charge in [-0.3, -0.25) is 38.6 Å². The van der Waals surface area contributed by atoms with Gasteiger partial charge in [0.2, 0.25) is 5.91 Å². The lowest BCUT2D eigenvalue weighted by molar-refractivity contribution is -0.311. The number of fused-ring (bicyclic) bond motifs is 2. The Bertz CT molecular complexity index is 4670. The number of rotatable bonds is 25. The van der Waals surface area contributed by atoms with Crippen molar-refractivity contribution in [1.29, 1.82) is 0 Å². The van der Waals surface area contributed by atoms with E-state index in [0.717, 1.165) is 30.5 Å². The van der Waals surface area contributed by atoms with Gasteiger partial charge in [0.05, 0.1) is 68.8 Å². The molecular weight excluding hydrogens is 1440 g/mol. The van der Waals surface area contributed by atoms with Crippen LogP contribution in [0.4, 0.5) is 0 Å². The van der Waals surface area contributed by atoms with E-state index in [1.54, 1.807) is 116 Å². The number of esters is 7. The Labute approximate surface area is 633 Å². The molecule has 5 aliphatic rings. The smallest absolute Gasteiger partial charge is 0.338 e. The third-order valence-corrected chi connectivity index (χ3v) is 19.7. The number of hydrogen-bond acceptors (Lipinski definition) is 25. The standard InChI is InChI=1S/C82H71N3O24S/c1-4-110-82-63(85-72(90)56-41-25-26-42-57(56)73(85)91)69(109-79(97)53-37-21-10-22-38-53)66(106-76(94)50-31-15-7-16-32-50)60(103-82)45-99-80-61(83-46(2)86)67(107-77(95)51-33-17-8-18-34-51)64(104-74(92)48-27-11-5-12-28-48)59(101-80)44-100-81-62(84-70(88)54-39-23-24-40-55(54)71(84)89)68(108-78(96)52-35-19-9-20-36-52)65(58(102-81)43-98-47(3)87)105-75(93)49-29-13-6-14-30-49/h5-42,58-69,80-82H,4,43-45H2,1-3H3,(H,83,86)/t58-,59-,60-,61-,62-,63-,64-,65-,66-,67-,68-,69-,80-,81-,82+/m1/s1. The second-order valence-corrected chi connectivity index (χ2v) is 27.1. The van der Waals surface area contributed by atoms with Gasteiger partial charge >= 0.3 is 41.8 Å². The minimum Gasteiger partial charge on any atom is -0.463 e. The Balaban J connectivity index is 0.938. The zero-order valence-electron chi connectivity index (χ0n) is 59.0. The molecule has 0 aromatic heterocycles. The monoisotopic (exact) mass is 1510 g/mol. The van der Waals surface area contributed by atoms with Crippen LogP contribution in [0.1, 0.15) is 124 Å². The van der Waals surface area contributed by atoms with Crippen molar-refractivity contribution >= 4 is 83.1 Å². The fourth-order valence-electron chi connectivity index (χ4n) is 13.6. The largest absolute Gasteiger partial charge is 0.463 e. The molecule has 15 atom stereocenters. The van der Waals surface area contributed by atoms with Gasteiger partial charge < -0.3 is 62.2 Å². The Hall–Kier alpha value is -12.1. The average Bonchev–Trinajstić information content (AvgIpc) is 1.53. The number of hydrogen-bond donors (Lipinski definition) is 1. The lowest BCUT2D eigenvalue weighted by Crippen LogP contribution is -2.69. The van der Waals surface area contributed by atoms with Crippen molar-refractivity contribution in [2.75, 3.05) is 25.6 Å². The third-order valence-electron chi connectivity index (χ3n) is 18.6. The molecule has 0 aliphatic carbocycles. The van der Waals surface area contributed by atoms with E-state index in [1.165, 1.54) is 121 Å². The van der Waals surface area contributed by atoms with E-state index >= 15 is 9.59 Å². The van der Waals surface area contributed by atoms with Gasteiger partial charge in [0.15, 0.2) is 49.2 Å². The van der Waals surface area contributed by atoms with Crippen LogP contribution >= 0.6 is 11.8 Å². The Morgan fingerprint density at radius 2 is 0.636 bits per heavy atom. The van der Waals surface area contributed by atoms with Gasteiger partial charge in [-0.15, -0.1) is 11.8 Å². The highest BCUT2D eigenvalue weighted by Gasteiger charge is 2.61. The molecule has 0 unspecified atom stereocenters. The number of ether oxygens (including phenoxy) is 12. The van der Waals surface area contributed by atoms with Gasteiger partial charge in [-0.2, -0.15) is 0 Å². The van der Waals surface area contributed by atoms with E-state index in [2.05, 4.69) is 5.32 Å². The maximum atomic E-state index is 15.2. The van der Waals surface area contributed by atoms with Crippen molar-refractivity contribution in [3.63, 3.8) is 0 Å². The zero-order chi connectivity index (χ0) is 77.1. The Morgan fingerprint density at radius 3 is 0.982 bits per heavy atom. The van der Waals surface area contributed by atoms with Crippen LogP contribution in [0, 0.1) is 0 Å². The van der Waals surface area contributed by atoms with Crippen LogP contribution in [-0.4, -0.2) is 198 Å². The van der Waals surface area contributed by atoms with Crippen molar-refractivity contribution in [2.45, 2.75) is 112 Å². The van der Waals surface area contributed by atoms with E-state index in [1.807, 2.05) is 0 Å². The summed E-state index contributed by atoms with van der Waals surface area (Å²) in [6.45, 7) is 1.40. The number of nitrogens with zero attached hydrogens (tertiary/aromatic N) is 2. The maximum Gasteiger partial charge on any atom is 0.338 e. The maximum absolute atomic E-state index is 15.2. The summed E-state index contributed by atoms with van der Waals surface area (Å²) < 4.78 is 78.3. The third kappa shape index (κ3) is 16.6. The minimum absolute atomic E-state index is 0.000246. The summed E-state index contributed by atoms with van der Waals surface area (Å²) in [5, 5.41) is 2.75. The van der Waals surface area contributed by atoms with Crippen LogP contribution in [0.15, 0.2) is 231 Å². The quantitative estimate of drug-likeness (QED) is 0.0317. The van der Waals surface area contributed by atoms with E-state index in [9.17, 15) is 47.9 Å². The molecule has 1 N–H and O–H groups in total. The summed E-state index contributed by atoms with van der Waals surface area (Å²) in [4.78, 5) is 177. The van der Waals surface area contributed by atoms with Crippen molar-refractivity contribution < 1.29 is 114 Å². The molecule has 0 bridgehead atoms. The molecule has 28 heteroatoms. The molecule has 13 rings (SSSR count). The van der Waals surface area contributed by atoms with Gasteiger partial charge in [-0.1, -0.05) is 140 Å². The second kappa shape index (κ2) is 34.5. The van der Waals surface area contributed by atoms with Crippen LogP contribution in [0.25, 0.3) is 0 Å². The molecule has 0 saturated carbocycles. The van der Waals surface area contributed by atoms with Gasteiger partial charge in [0.25, 0.3) is 23.6 Å². The topological polar surface area (TPSA) is 334 Å².